The van der Waals surface area contributed by atoms with Crippen LogP contribution in [0.1, 0.15) is 29.5 Å². The van der Waals surface area contributed by atoms with Crippen LogP contribution in [0, 0.1) is 22.7 Å². The molecule has 0 aliphatic heterocycles. The molecule has 0 aliphatic rings. The quantitative estimate of drug-likeness (QED) is 0.103. The van der Waals surface area contributed by atoms with Crippen molar-refractivity contribution >= 4 is 80.3 Å². The average Bonchev–Trinajstić information content (AvgIpc) is 3.90. The van der Waals surface area contributed by atoms with Gasteiger partial charge in [0, 0.05) is 57.2 Å². The third-order valence-electron chi connectivity index (χ3n) is 7.41. The molecule has 0 unspecified atom stereocenters. The van der Waals surface area contributed by atoms with E-state index in [4.69, 9.17) is 0 Å². The number of thiophene rings is 4. The lowest BCUT2D eigenvalue weighted by Gasteiger charge is -2.10. The van der Waals surface area contributed by atoms with Gasteiger partial charge in [-0.15, -0.1) is 45.3 Å². The van der Waals surface area contributed by atoms with Crippen molar-refractivity contribution in [1.82, 2.24) is 4.57 Å². The van der Waals surface area contributed by atoms with Gasteiger partial charge in [0.25, 0.3) is 0 Å². The molecule has 5 heterocycles. The van der Waals surface area contributed by atoms with Gasteiger partial charge < -0.3 is 14.8 Å². The summed E-state index contributed by atoms with van der Waals surface area (Å²) < 4.78 is 2.42. The van der Waals surface area contributed by atoms with Crippen LogP contribution in [-0.4, -0.2) is 26.7 Å². The second-order valence-corrected chi connectivity index (χ2v) is 14.8. The molecule has 0 radical (unpaired) electrons. The molecular weight excluding hydrogens is 667 g/mol. The minimum absolute atomic E-state index is 0.298. The fourth-order valence-corrected chi connectivity index (χ4v) is 9.47. The number of fused-ring (bicyclic) bond motifs is 1. The average molecular weight is 692 g/mol. The van der Waals surface area contributed by atoms with E-state index in [0.717, 1.165) is 65.3 Å². The predicted molar refractivity (Wildman–Crippen MR) is 193 cm³/mol. The second kappa shape index (κ2) is 13.8. The highest BCUT2D eigenvalue weighted by atomic mass is 32.1. The lowest BCUT2D eigenvalue weighted by Crippen LogP contribution is -1.99. The Kier molecular flexibility index (Phi) is 9.34. The largest absolute Gasteiger partial charge is 0.477 e. The van der Waals surface area contributed by atoms with E-state index < -0.39 is 11.9 Å². The normalized spacial score (nSPS) is 11.9. The molecule has 0 amide bonds. The van der Waals surface area contributed by atoms with Crippen LogP contribution in [0.5, 0.6) is 0 Å². The van der Waals surface area contributed by atoms with Crippen LogP contribution in [0.15, 0.2) is 83.9 Å². The summed E-state index contributed by atoms with van der Waals surface area (Å²) in [6, 6.07) is 28.0. The number of nitriles is 2. The first kappa shape index (κ1) is 31.9. The summed E-state index contributed by atoms with van der Waals surface area (Å²) in [4.78, 5) is 30.4. The van der Waals surface area contributed by atoms with E-state index in [2.05, 4.69) is 60.0 Å². The molecule has 0 spiro atoms. The van der Waals surface area contributed by atoms with Crippen molar-refractivity contribution in [2.45, 2.75) is 26.3 Å². The Labute approximate surface area is 286 Å². The number of carbonyl (C=O) groups is 2. The molecule has 0 atom stereocenters. The third-order valence-corrected chi connectivity index (χ3v) is 12.1. The number of hydrogen-bond donors (Lipinski definition) is 2. The number of rotatable bonds is 11. The van der Waals surface area contributed by atoms with E-state index in [1.54, 1.807) is 34.8 Å². The number of carboxylic acids is 2. The number of aryl methyl sites for hydroxylation is 1. The smallest absolute Gasteiger partial charge is 0.346 e. The maximum absolute atomic E-state index is 11.3. The molecule has 5 aromatic heterocycles. The van der Waals surface area contributed by atoms with Gasteiger partial charge in [0.1, 0.15) is 23.3 Å². The predicted octanol–water partition coefficient (Wildman–Crippen LogP) is 10.3. The molecule has 0 bridgehead atoms. The molecule has 0 saturated heterocycles. The fourth-order valence-electron chi connectivity index (χ4n) is 5.25. The van der Waals surface area contributed by atoms with Crippen molar-refractivity contribution < 1.29 is 19.8 Å². The molecule has 6 rings (SSSR count). The Balaban J connectivity index is 1.44. The van der Waals surface area contributed by atoms with Crippen LogP contribution >= 0.6 is 45.3 Å². The van der Waals surface area contributed by atoms with Crippen molar-refractivity contribution in [3.05, 3.63) is 93.7 Å². The van der Waals surface area contributed by atoms with E-state index in [-0.39, 0.29) is 11.1 Å². The lowest BCUT2D eigenvalue weighted by molar-refractivity contribution is -0.133. The summed E-state index contributed by atoms with van der Waals surface area (Å²) in [6.07, 6.45) is 4.88. The second-order valence-electron chi connectivity index (χ2n) is 10.4. The molecule has 232 valence electrons. The zero-order valence-corrected chi connectivity index (χ0v) is 28.2. The van der Waals surface area contributed by atoms with Crippen molar-refractivity contribution in [1.29, 1.82) is 10.5 Å². The molecule has 11 heteroatoms. The SMILES string of the molecule is CCCCn1c(-c2ccc(-c3ccc(/C=C(\C#N)C(=O)O)s3)s2)c(-c2ccc(-c3ccc(/C=C(\C#N)C(=O)O)s3)s2)c2ccccc21. The lowest BCUT2D eigenvalue weighted by atomic mass is 10.1. The monoisotopic (exact) mass is 691 g/mol. The van der Waals surface area contributed by atoms with Gasteiger partial charge in [-0.05, 0) is 73.2 Å². The van der Waals surface area contributed by atoms with E-state index in [1.807, 2.05) is 24.3 Å². The molecule has 2 N–H and O–H groups in total. The molecular formula is C36H25N3O4S4. The Morgan fingerprint density at radius 1 is 0.702 bits per heavy atom. The van der Waals surface area contributed by atoms with Gasteiger partial charge in [0.15, 0.2) is 0 Å². The Morgan fingerprint density at radius 2 is 1.19 bits per heavy atom. The van der Waals surface area contributed by atoms with Crippen LogP contribution < -0.4 is 0 Å². The van der Waals surface area contributed by atoms with E-state index in [1.165, 1.54) is 40.3 Å². The number of unbranched alkanes of at least 4 members (excludes halogenated alkanes) is 1. The zero-order chi connectivity index (χ0) is 33.1. The summed E-state index contributed by atoms with van der Waals surface area (Å²) in [5.41, 5.74) is 2.87. The molecule has 47 heavy (non-hydrogen) atoms. The van der Waals surface area contributed by atoms with Gasteiger partial charge >= 0.3 is 11.9 Å². The minimum atomic E-state index is -1.24. The molecule has 6 aromatic rings. The minimum Gasteiger partial charge on any atom is -0.477 e. The highest BCUT2D eigenvalue weighted by Crippen LogP contribution is 2.48. The van der Waals surface area contributed by atoms with Gasteiger partial charge in [-0.1, -0.05) is 31.5 Å². The van der Waals surface area contributed by atoms with Crippen molar-refractivity contribution in [2.75, 3.05) is 0 Å². The number of nitrogens with zero attached hydrogens (tertiary/aromatic N) is 3. The van der Waals surface area contributed by atoms with Crippen LogP contribution in [0.2, 0.25) is 0 Å². The number of aliphatic carboxylic acids is 2. The van der Waals surface area contributed by atoms with Crippen molar-refractivity contribution in [3.8, 4) is 52.7 Å². The Bertz CT molecular complexity index is 2290. The van der Waals surface area contributed by atoms with Gasteiger partial charge in [-0.3, -0.25) is 0 Å². The maximum atomic E-state index is 11.3. The van der Waals surface area contributed by atoms with E-state index >= 15 is 0 Å². The first-order valence-electron chi connectivity index (χ1n) is 14.5. The topological polar surface area (TPSA) is 127 Å². The number of aromatic nitrogens is 1. The number of para-hydroxylation sites is 1. The van der Waals surface area contributed by atoms with Crippen LogP contribution in [0.4, 0.5) is 0 Å². The van der Waals surface area contributed by atoms with E-state index in [9.17, 15) is 30.3 Å². The molecule has 0 fully saturated rings. The fraction of sp³-hybridized carbons (Fsp3) is 0.111. The first-order chi connectivity index (χ1) is 22.8. The van der Waals surface area contributed by atoms with E-state index in [0.29, 0.717) is 9.75 Å². The Morgan fingerprint density at radius 3 is 1.74 bits per heavy atom. The van der Waals surface area contributed by atoms with Crippen LogP contribution in [0.25, 0.3) is 63.6 Å². The van der Waals surface area contributed by atoms with Gasteiger partial charge in [-0.25, -0.2) is 9.59 Å². The number of hydrogen-bond acceptors (Lipinski definition) is 8. The van der Waals surface area contributed by atoms with Gasteiger partial charge in [-0.2, -0.15) is 10.5 Å². The zero-order valence-electron chi connectivity index (χ0n) is 24.9. The Hall–Kier alpha value is -5.04. The van der Waals surface area contributed by atoms with Gasteiger partial charge in [0.05, 0.1) is 10.6 Å². The summed E-state index contributed by atoms with van der Waals surface area (Å²) in [6.45, 7) is 3.05. The maximum Gasteiger partial charge on any atom is 0.346 e. The third kappa shape index (κ3) is 6.48. The summed E-state index contributed by atoms with van der Waals surface area (Å²) in [7, 11) is 0. The standard InChI is InChI=1S/C36H25N3O4S4/c1-2-3-16-39-26-7-5-4-6-25(26)33(31-14-12-29(46-31)27-10-8-23(44-27)17-21(19-37)35(40)41)34(39)32-15-13-30(47-32)28-11-9-24(45-28)18-22(20-38)36(42)43/h4-15,17-18H,2-3,16H2,1H3,(H,40,41)(H,42,43)/b21-17+,22-18+. The van der Waals surface area contributed by atoms with Gasteiger partial charge in [0.2, 0.25) is 0 Å². The summed E-state index contributed by atoms with van der Waals surface area (Å²) in [5.74, 6) is -2.49. The first-order valence-corrected chi connectivity index (χ1v) is 17.8. The van der Waals surface area contributed by atoms with Crippen LogP contribution in [-0.2, 0) is 16.1 Å². The molecule has 0 saturated carbocycles. The molecule has 7 nitrogen and oxygen atoms in total. The number of carboxylic acid groups (broad SMARTS) is 2. The molecule has 0 aliphatic carbocycles. The van der Waals surface area contributed by atoms with Crippen molar-refractivity contribution in [2.24, 2.45) is 0 Å². The summed E-state index contributed by atoms with van der Waals surface area (Å²) >= 11 is 6.27. The highest BCUT2D eigenvalue weighted by Gasteiger charge is 2.23. The molecule has 1 aromatic carbocycles. The van der Waals surface area contributed by atoms with Crippen LogP contribution in [0.3, 0.4) is 0 Å². The highest BCUT2D eigenvalue weighted by molar-refractivity contribution is 7.25. The van der Waals surface area contributed by atoms with Crippen molar-refractivity contribution in [3.63, 3.8) is 0 Å². The summed E-state index contributed by atoms with van der Waals surface area (Å²) in [5, 5.41) is 38.0. The number of benzene rings is 1.